The van der Waals surface area contributed by atoms with Crippen molar-refractivity contribution >= 4 is 11.9 Å². The number of aliphatic hydroxyl groups is 1. The van der Waals surface area contributed by atoms with Gasteiger partial charge >= 0.3 is 11.9 Å². The lowest BCUT2D eigenvalue weighted by atomic mass is 10.1. The summed E-state index contributed by atoms with van der Waals surface area (Å²) in [5.41, 5.74) is 0. The highest BCUT2D eigenvalue weighted by Crippen LogP contribution is 2.02. The Kier molecular flexibility index (Phi) is 9.74. The number of carbonyl (C=O) groups excluding carboxylic acids is 2. The molecule has 0 aliphatic carbocycles. The van der Waals surface area contributed by atoms with Gasteiger partial charge in [0.25, 0.3) is 0 Å². The van der Waals surface area contributed by atoms with E-state index >= 15 is 0 Å². The Morgan fingerprint density at radius 1 is 1.26 bits per heavy atom. The highest BCUT2D eigenvalue weighted by molar-refractivity contribution is 5.81. The summed E-state index contributed by atoms with van der Waals surface area (Å²) < 4.78 is 14.7. The van der Waals surface area contributed by atoms with E-state index in [1.165, 1.54) is 0 Å². The third kappa shape index (κ3) is 9.21. The highest BCUT2D eigenvalue weighted by Gasteiger charge is 2.11. The zero-order chi connectivity index (χ0) is 14.7. The Morgan fingerprint density at radius 3 is 2.53 bits per heavy atom. The van der Waals surface area contributed by atoms with Gasteiger partial charge in [-0.3, -0.25) is 4.79 Å². The summed E-state index contributed by atoms with van der Waals surface area (Å²) >= 11 is 0. The molecule has 0 aromatic rings. The SMILES string of the molecule is C=CC(=O)OCC(O)COCCOC(=O)C(C)CC. The average molecular weight is 274 g/mol. The third-order valence-electron chi connectivity index (χ3n) is 2.38. The molecule has 0 rings (SSSR count). The molecule has 0 spiro atoms. The molecule has 19 heavy (non-hydrogen) atoms. The van der Waals surface area contributed by atoms with Crippen LogP contribution in [0.3, 0.4) is 0 Å². The Labute approximate surface area is 113 Å². The van der Waals surface area contributed by atoms with Crippen LogP contribution in [0.15, 0.2) is 12.7 Å². The van der Waals surface area contributed by atoms with Crippen LogP contribution in [0.25, 0.3) is 0 Å². The van der Waals surface area contributed by atoms with Crippen molar-refractivity contribution in [2.75, 3.05) is 26.4 Å². The maximum Gasteiger partial charge on any atom is 0.330 e. The molecule has 2 unspecified atom stereocenters. The predicted octanol–water partition coefficient (Wildman–Crippen LogP) is 0.682. The van der Waals surface area contributed by atoms with E-state index in [9.17, 15) is 14.7 Å². The molecule has 0 radical (unpaired) electrons. The number of aliphatic hydroxyl groups excluding tert-OH is 1. The quantitative estimate of drug-likeness (QED) is 0.358. The van der Waals surface area contributed by atoms with Crippen LogP contribution in [0, 0.1) is 5.92 Å². The largest absolute Gasteiger partial charge is 0.463 e. The van der Waals surface area contributed by atoms with Gasteiger partial charge in [0.15, 0.2) is 0 Å². The van der Waals surface area contributed by atoms with Crippen LogP contribution < -0.4 is 0 Å². The van der Waals surface area contributed by atoms with Gasteiger partial charge in [-0.05, 0) is 6.42 Å². The Hall–Kier alpha value is -1.40. The van der Waals surface area contributed by atoms with E-state index < -0.39 is 12.1 Å². The van der Waals surface area contributed by atoms with Crippen molar-refractivity contribution in [2.45, 2.75) is 26.4 Å². The van der Waals surface area contributed by atoms with E-state index in [1.807, 2.05) is 6.92 Å². The number of esters is 2. The number of hydrogen-bond donors (Lipinski definition) is 1. The van der Waals surface area contributed by atoms with Crippen molar-refractivity contribution in [2.24, 2.45) is 5.92 Å². The predicted molar refractivity (Wildman–Crippen MR) is 68.4 cm³/mol. The van der Waals surface area contributed by atoms with E-state index in [4.69, 9.17) is 9.47 Å². The Bertz CT molecular complexity index is 289. The van der Waals surface area contributed by atoms with E-state index in [-0.39, 0.29) is 38.3 Å². The highest BCUT2D eigenvalue weighted by atomic mass is 16.6. The molecule has 0 bridgehead atoms. The molecule has 0 heterocycles. The molecule has 0 saturated heterocycles. The Balaban J connectivity index is 3.51. The van der Waals surface area contributed by atoms with Crippen molar-refractivity contribution in [3.63, 3.8) is 0 Å². The second-order valence-electron chi connectivity index (χ2n) is 4.04. The van der Waals surface area contributed by atoms with Crippen molar-refractivity contribution in [3.8, 4) is 0 Å². The molecule has 0 fully saturated rings. The first-order valence-electron chi connectivity index (χ1n) is 6.22. The molecule has 6 heteroatoms. The van der Waals surface area contributed by atoms with Crippen molar-refractivity contribution in [3.05, 3.63) is 12.7 Å². The average Bonchev–Trinajstić information content (AvgIpc) is 2.42. The number of hydrogen-bond acceptors (Lipinski definition) is 6. The standard InChI is InChI=1S/C13H22O6/c1-4-10(3)13(16)18-7-6-17-8-11(14)9-19-12(15)5-2/h5,10-11,14H,2,4,6-9H2,1,3H3. The second kappa shape index (κ2) is 10.5. The van der Waals surface area contributed by atoms with Crippen molar-refractivity contribution < 1.29 is 28.9 Å². The minimum Gasteiger partial charge on any atom is -0.463 e. The lowest BCUT2D eigenvalue weighted by molar-refractivity contribution is -0.150. The number of carbonyl (C=O) groups is 2. The smallest absolute Gasteiger partial charge is 0.330 e. The minimum absolute atomic E-state index is 0.00526. The minimum atomic E-state index is -0.908. The zero-order valence-corrected chi connectivity index (χ0v) is 11.5. The lowest BCUT2D eigenvalue weighted by Crippen LogP contribution is -2.24. The molecule has 1 N–H and O–H groups in total. The van der Waals surface area contributed by atoms with Crippen LogP contribution in [0.4, 0.5) is 0 Å². The molecule has 0 aromatic carbocycles. The first-order chi connectivity index (χ1) is 9.01. The molecule has 6 nitrogen and oxygen atoms in total. The fourth-order valence-corrected chi connectivity index (χ4v) is 1.01. The molecule has 2 atom stereocenters. The number of ether oxygens (including phenoxy) is 3. The second-order valence-corrected chi connectivity index (χ2v) is 4.04. The van der Waals surface area contributed by atoms with Crippen LogP contribution in [-0.4, -0.2) is 49.6 Å². The van der Waals surface area contributed by atoms with E-state index in [2.05, 4.69) is 11.3 Å². The zero-order valence-electron chi connectivity index (χ0n) is 11.5. The van der Waals surface area contributed by atoms with Crippen LogP contribution in [0.2, 0.25) is 0 Å². The Morgan fingerprint density at radius 2 is 1.95 bits per heavy atom. The maximum atomic E-state index is 11.3. The van der Waals surface area contributed by atoms with Gasteiger partial charge in [0.05, 0.1) is 19.1 Å². The monoisotopic (exact) mass is 274 g/mol. The molecule has 0 aromatic heterocycles. The molecule has 0 saturated carbocycles. The maximum absolute atomic E-state index is 11.3. The fraction of sp³-hybridized carbons (Fsp3) is 0.692. The molecule has 0 amide bonds. The summed E-state index contributed by atoms with van der Waals surface area (Å²) in [7, 11) is 0. The summed E-state index contributed by atoms with van der Waals surface area (Å²) in [6.07, 6.45) is 0.837. The van der Waals surface area contributed by atoms with Gasteiger partial charge in [0.2, 0.25) is 0 Å². The molecule has 0 aliphatic rings. The molecular weight excluding hydrogens is 252 g/mol. The molecule has 0 aliphatic heterocycles. The summed E-state index contributed by atoms with van der Waals surface area (Å²) in [5.74, 6) is -0.975. The summed E-state index contributed by atoms with van der Waals surface area (Å²) in [5, 5.41) is 9.38. The van der Waals surface area contributed by atoms with Gasteiger partial charge in [-0.25, -0.2) is 4.79 Å². The van der Waals surface area contributed by atoms with E-state index in [1.54, 1.807) is 6.92 Å². The molecule has 110 valence electrons. The topological polar surface area (TPSA) is 82.1 Å². The first-order valence-corrected chi connectivity index (χ1v) is 6.22. The van der Waals surface area contributed by atoms with Gasteiger partial charge in [-0.15, -0.1) is 0 Å². The van der Waals surface area contributed by atoms with Crippen LogP contribution in [0.1, 0.15) is 20.3 Å². The normalized spacial score (nSPS) is 13.4. The van der Waals surface area contributed by atoms with Gasteiger partial charge in [-0.1, -0.05) is 20.4 Å². The molecular formula is C13H22O6. The fourth-order valence-electron chi connectivity index (χ4n) is 1.01. The van der Waals surface area contributed by atoms with E-state index in [0.717, 1.165) is 12.5 Å². The summed E-state index contributed by atoms with van der Waals surface area (Å²) in [4.78, 5) is 22.0. The van der Waals surface area contributed by atoms with Crippen LogP contribution in [0.5, 0.6) is 0 Å². The van der Waals surface area contributed by atoms with Crippen LogP contribution in [-0.2, 0) is 23.8 Å². The van der Waals surface area contributed by atoms with E-state index in [0.29, 0.717) is 0 Å². The first kappa shape index (κ1) is 17.6. The lowest BCUT2D eigenvalue weighted by Gasteiger charge is -2.12. The van der Waals surface area contributed by atoms with Crippen molar-refractivity contribution in [1.29, 1.82) is 0 Å². The van der Waals surface area contributed by atoms with Gasteiger partial charge in [0, 0.05) is 6.08 Å². The summed E-state index contributed by atoms with van der Waals surface area (Å²) in [6, 6.07) is 0. The van der Waals surface area contributed by atoms with Gasteiger partial charge in [0.1, 0.15) is 19.3 Å². The van der Waals surface area contributed by atoms with Crippen molar-refractivity contribution in [1.82, 2.24) is 0 Å². The number of rotatable bonds is 10. The van der Waals surface area contributed by atoms with Gasteiger partial charge < -0.3 is 19.3 Å². The third-order valence-corrected chi connectivity index (χ3v) is 2.38. The van der Waals surface area contributed by atoms with Crippen LogP contribution >= 0.6 is 0 Å². The summed E-state index contributed by atoms with van der Waals surface area (Å²) in [6.45, 7) is 7.11. The van der Waals surface area contributed by atoms with Gasteiger partial charge in [-0.2, -0.15) is 0 Å².